The second kappa shape index (κ2) is 6.57. The lowest BCUT2D eigenvalue weighted by Gasteiger charge is -2.36. The molecule has 0 unspecified atom stereocenters. The molecule has 1 fully saturated rings. The Labute approximate surface area is 131 Å². The van der Waals surface area contributed by atoms with Crippen LogP contribution in [0.3, 0.4) is 0 Å². The minimum absolute atomic E-state index is 0.472. The second-order valence-corrected chi connectivity index (χ2v) is 6.71. The zero-order valence-corrected chi connectivity index (χ0v) is 14.2. The molecule has 1 aliphatic rings. The van der Waals surface area contributed by atoms with Gasteiger partial charge in [-0.3, -0.25) is 0 Å². The van der Waals surface area contributed by atoms with Crippen molar-refractivity contribution in [2.24, 2.45) is 0 Å². The Kier molecular flexibility index (Phi) is 5.29. The van der Waals surface area contributed by atoms with Crippen LogP contribution in [0.1, 0.15) is 31.7 Å². The topological polar surface area (TPSA) is 41.5 Å². The molecule has 0 saturated heterocycles. The van der Waals surface area contributed by atoms with Gasteiger partial charge in [0.2, 0.25) is 0 Å². The summed E-state index contributed by atoms with van der Waals surface area (Å²) in [6, 6.07) is 4.10. The van der Waals surface area contributed by atoms with E-state index in [4.69, 9.17) is 4.74 Å². The highest BCUT2D eigenvalue weighted by Crippen LogP contribution is 2.35. The summed E-state index contributed by atoms with van der Waals surface area (Å²) in [5.74, 6) is 0.837. The molecule has 0 bridgehead atoms. The molecule has 0 aliphatic heterocycles. The van der Waals surface area contributed by atoms with Crippen molar-refractivity contribution in [2.75, 3.05) is 13.2 Å². The lowest BCUT2D eigenvalue weighted by atomic mass is 9.80. The molecular formula is C14H19Br2NO2. The maximum absolute atomic E-state index is 10.0. The summed E-state index contributed by atoms with van der Waals surface area (Å²) in [5.41, 5.74) is 0.685. The predicted octanol–water partition coefficient (Wildman–Crippen LogP) is 3.61. The largest absolute Gasteiger partial charge is 0.492 e. The highest BCUT2D eigenvalue weighted by Gasteiger charge is 2.33. The number of ether oxygens (including phenoxy) is 1. The molecule has 1 aromatic rings. The summed E-state index contributed by atoms with van der Waals surface area (Å²) in [6.07, 6.45) is 2.96. The Morgan fingerprint density at radius 2 is 1.95 bits per heavy atom. The fourth-order valence-electron chi connectivity index (χ4n) is 2.20. The minimum atomic E-state index is -0.472. The molecule has 5 heteroatoms. The van der Waals surface area contributed by atoms with Gasteiger partial charge in [0.05, 0.1) is 21.2 Å². The molecule has 1 aliphatic carbocycles. The first-order valence-electron chi connectivity index (χ1n) is 6.58. The van der Waals surface area contributed by atoms with Crippen molar-refractivity contribution in [3.63, 3.8) is 0 Å². The number of hydrogen-bond donors (Lipinski definition) is 2. The maximum atomic E-state index is 10.0. The Balaban J connectivity index is 1.93. The van der Waals surface area contributed by atoms with Gasteiger partial charge < -0.3 is 15.2 Å². The Morgan fingerprint density at radius 3 is 2.42 bits per heavy atom. The molecule has 0 spiro atoms. The van der Waals surface area contributed by atoms with Crippen molar-refractivity contribution in [1.82, 2.24) is 5.32 Å². The SMILES string of the molecule is CCOc1c(Br)cc(CNCC2(O)CCC2)cc1Br. The van der Waals surface area contributed by atoms with Gasteiger partial charge in [-0.25, -0.2) is 0 Å². The highest BCUT2D eigenvalue weighted by molar-refractivity contribution is 9.11. The molecule has 2 N–H and O–H groups in total. The first kappa shape index (κ1) is 15.3. The van der Waals surface area contributed by atoms with Crippen molar-refractivity contribution in [2.45, 2.75) is 38.3 Å². The number of hydrogen-bond acceptors (Lipinski definition) is 3. The summed E-state index contributed by atoms with van der Waals surface area (Å²) in [6.45, 7) is 4.01. The quantitative estimate of drug-likeness (QED) is 0.776. The van der Waals surface area contributed by atoms with Crippen LogP contribution in [0.2, 0.25) is 0 Å². The van der Waals surface area contributed by atoms with Crippen molar-refractivity contribution in [1.29, 1.82) is 0 Å². The van der Waals surface area contributed by atoms with Crippen LogP contribution < -0.4 is 10.1 Å². The summed E-state index contributed by atoms with van der Waals surface area (Å²) < 4.78 is 7.45. The summed E-state index contributed by atoms with van der Waals surface area (Å²) in [7, 11) is 0. The van der Waals surface area contributed by atoms with Gasteiger partial charge in [-0.2, -0.15) is 0 Å². The molecule has 2 rings (SSSR count). The fourth-order valence-corrected chi connectivity index (χ4v) is 3.71. The van der Waals surface area contributed by atoms with E-state index in [0.717, 1.165) is 46.1 Å². The van der Waals surface area contributed by atoms with Crippen LogP contribution in [-0.4, -0.2) is 23.9 Å². The molecule has 0 heterocycles. The lowest BCUT2D eigenvalue weighted by molar-refractivity contribution is -0.0314. The van der Waals surface area contributed by atoms with Crippen molar-refractivity contribution < 1.29 is 9.84 Å². The van der Waals surface area contributed by atoms with E-state index in [0.29, 0.717) is 13.2 Å². The van der Waals surface area contributed by atoms with Crippen LogP contribution in [0.5, 0.6) is 5.75 Å². The zero-order valence-electron chi connectivity index (χ0n) is 11.0. The van der Waals surface area contributed by atoms with Gasteiger partial charge in [0, 0.05) is 13.1 Å². The fraction of sp³-hybridized carbons (Fsp3) is 0.571. The molecule has 19 heavy (non-hydrogen) atoms. The zero-order chi connectivity index (χ0) is 13.9. The molecular weight excluding hydrogens is 374 g/mol. The van der Waals surface area contributed by atoms with E-state index >= 15 is 0 Å². The average Bonchev–Trinajstić information content (AvgIpc) is 2.32. The van der Waals surface area contributed by atoms with Crippen molar-refractivity contribution in [3.05, 3.63) is 26.6 Å². The van der Waals surface area contributed by atoms with Gasteiger partial charge >= 0.3 is 0 Å². The third kappa shape index (κ3) is 3.94. The Bertz CT molecular complexity index is 424. The number of halogens is 2. The van der Waals surface area contributed by atoms with Crippen LogP contribution in [0.15, 0.2) is 21.1 Å². The predicted molar refractivity (Wildman–Crippen MR) is 83.5 cm³/mol. The number of aliphatic hydroxyl groups is 1. The molecule has 1 saturated carbocycles. The summed E-state index contributed by atoms with van der Waals surface area (Å²) in [4.78, 5) is 0. The second-order valence-electron chi connectivity index (χ2n) is 5.00. The van der Waals surface area contributed by atoms with Crippen LogP contribution >= 0.6 is 31.9 Å². The highest BCUT2D eigenvalue weighted by atomic mass is 79.9. The van der Waals surface area contributed by atoms with Crippen molar-refractivity contribution >= 4 is 31.9 Å². The Hall–Kier alpha value is -0.100. The number of nitrogens with one attached hydrogen (secondary N) is 1. The standard InChI is InChI=1S/C14H19Br2NO2/c1-2-19-13-11(15)6-10(7-12(13)16)8-17-9-14(18)4-3-5-14/h6-7,17-18H,2-5,8-9H2,1H3. The normalized spacial score (nSPS) is 17.1. The van der Waals surface area contributed by atoms with Gasteiger partial charge in [-0.05, 0) is 75.7 Å². The van der Waals surface area contributed by atoms with Gasteiger partial charge in [0.25, 0.3) is 0 Å². The number of benzene rings is 1. The average molecular weight is 393 g/mol. The van der Waals surface area contributed by atoms with E-state index in [9.17, 15) is 5.11 Å². The van der Waals surface area contributed by atoms with E-state index in [1.807, 2.05) is 19.1 Å². The molecule has 0 amide bonds. The van der Waals surface area contributed by atoms with Crippen LogP contribution in [0.4, 0.5) is 0 Å². The minimum Gasteiger partial charge on any atom is -0.492 e. The van der Waals surface area contributed by atoms with Gasteiger partial charge in [-0.1, -0.05) is 0 Å². The lowest BCUT2D eigenvalue weighted by Crippen LogP contribution is -2.45. The third-order valence-electron chi connectivity index (χ3n) is 3.41. The first-order valence-corrected chi connectivity index (χ1v) is 8.16. The maximum Gasteiger partial charge on any atom is 0.147 e. The molecule has 3 nitrogen and oxygen atoms in total. The third-order valence-corrected chi connectivity index (χ3v) is 4.59. The Morgan fingerprint density at radius 1 is 1.32 bits per heavy atom. The molecule has 0 aromatic heterocycles. The van der Waals surface area contributed by atoms with E-state index < -0.39 is 5.60 Å². The summed E-state index contributed by atoms with van der Waals surface area (Å²) >= 11 is 7.05. The van der Waals surface area contributed by atoms with E-state index in [1.165, 1.54) is 0 Å². The molecule has 0 radical (unpaired) electrons. The summed E-state index contributed by atoms with van der Waals surface area (Å²) in [5, 5.41) is 13.3. The van der Waals surface area contributed by atoms with Crippen molar-refractivity contribution in [3.8, 4) is 5.75 Å². The van der Waals surface area contributed by atoms with E-state index in [1.54, 1.807) is 0 Å². The van der Waals surface area contributed by atoms with Gasteiger partial charge in [0.1, 0.15) is 5.75 Å². The molecule has 0 atom stereocenters. The first-order chi connectivity index (χ1) is 9.04. The van der Waals surface area contributed by atoms with Crippen LogP contribution in [-0.2, 0) is 6.54 Å². The molecule has 106 valence electrons. The monoisotopic (exact) mass is 391 g/mol. The smallest absolute Gasteiger partial charge is 0.147 e. The van der Waals surface area contributed by atoms with Crippen LogP contribution in [0, 0.1) is 0 Å². The molecule has 1 aromatic carbocycles. The van der Waals surface area contributed by atoms with Crippen LogP contribution in [0.25, 0.3) is 0 Å². The van der Waals surface area contributed by atoms with Gasteiger partial charge in [0.15, 0.2) is 0 Å². The van der Waals surface area contributed by atoms with E-state index in [-0.39, 0.29) is 0 Å². The van der Waals surface area contributed by atoms with Gasteiger partial charge in [-0.15, -0.1) is 0 Å². The number of rotatable bonds is 6. The van der Waals surface area contributed by atoms with E-state index in [2.05, 4.69) is 37.2 Å².